The van der Waals surface area contributed by atoms with Crippen molar-refractivity contribution in [2.75, 3.05) is 33.3 Å². The number of hydrogen-bond donors (Lipinski definition) is 4. The quantitative estimate of drug-likeness (QED) is 0.241. The highest BCUT2D eigenvalue weighted by Crippen LogP contribution is 1.97. The summed E-state index contributed by atoms with van der Waals surface area (Å²) in [6.07, 6.45) is 3.94. The smallest absolute Gasteiger partial charge is 0.407 e. The molecule has 0 saturated carbocycles. The summed E-state index contributed by atoms with van der Waals surface area (Å²) < 4.78 is 4.89. The lowest BCUT2D eigenvalue weighted by atomic mass is 10.2. The Labute approximate surface area is 97.3 Å². The summed E-state index contributed by atoms with van der Waals surface area (Å²) in [5.41, 5.74) is 2.61. The van der Waals surface area contributed by atoms with Crippen LogP contribution in [0.3, 0.4) is 0 Å². The van der Waals surface area contributed by atoms with E-state index < -0.39 is 0 Å². The van der Waals surface area contributed by atoms with E-state index in [0.717, 1.165) is 32.2 Å². The van der Waals surface area contributed by atoms with Crippen LogP contribution in [0.25, 0.3) is 0 Å². The van der Waals surface area contributed by atoms with Crippen molar-refractivity contribution in [1.82, 2.24) is 16.1 Å². The number of likely N-dealkylation sites (N-methyl/N-ethyl adjacent to an activating group) is 1. The van der Waals surface area contributed by atoms with Crippen molar-refractivity contribution in [3.63, 3.8) is 0 Å². The third-order valence-electron chi connectivity index (χ3n) is 2.10. The van der Waals surface area contributed by atoms with Gasteiger partial charge in [0, 0.05) is 19.6 Å². The maximum absolute atomic E-state index is 11.1. The topological polar surface area (TPSA) is 88.4 Å². The van der Waals surface area contributed by atoms with E-state index in [1.165, 1.54) is 0 Å². The van der Waals surface area contributed by atoms with E-state index in [1.54, 1.807) is 0 Å². The second-order valence-corrected chi connectivity index (χ2v) is 3.53. The molecule has 96 valence electrons. The molecule has 0 fully saturated rings. The first-order valence-electron chi connectivity index (χ1n) is 5.80. The molecule has 0 aliphatic rings. The van der Waals surface area contributed by atoms with Gasteiger partial charge in [-0.15, -0.1) is 0 Å². The molecule has 0 saturated heterocycles. The average molecular weight is 232 g/mol. The van der Waals surface area contributed by atoms with E-state index in [0.29, 0.717) is 19.7 Å². The Morgan fingerprint density at radius 2 is 1.81 bits per heavy atom. The number of rotatable bonds is 10. The van der Waals surface area contributed by atoms with E-state index in [4.69, 9.17) is 10.6 Å². The number of hydrogen-bond acceptors (Lipinski definition) is 5. The fourth-order valence-corrected chi connectivity index (χ4v) is 1.19. The minimum Gasteiger partial charge on any atom is -0.448 e. The molecule has 0 aromatic heterocycles. The number of amides is 1. The fraction of sp³-hybridized carbons (Fsp3) is 0.900. The van der Waals surface area contributed by atoms with Crippen LogP contribution < -0.4 is 21.9 Å². The van der Waals surface area contributed by atoms with Crippen LogP contribution in [0.4, 0.5) is 4.79 Å². The summed E-state index contributed by atoms with van der Waals surface area (Å²) in [4.78, 5) is 11.1. The van der Waals surface area contributed by atoms with Crippen LogP contribution in [0.15, 0.2) is 0 Å². The van der Waals surface area contributed by atoms with Crippen molar-refractivity contribution >= 4 is 6.09 Å². The van der Waals surface area contributed by atoms with Crippen LogP contribution in [-0.2, 0) is 4.74 Å². The summed E-state index contributed by atoms with van der Waals surface area (Å²) in [5.74, 6) is 5.14. The SMILES string of the molecule is CNCCOC(=O)NCCCCCCNN. The Morgan fingerprint density at radius 3 is 2.44 bits per heavy atom. The number of unbranched alkanes of at least 4 members (excludes halogenated alkanes) is 3. The molecule has 0 rings (SSSR count). The molecule has 0 bridgehead atoms. The van der Waals surface area contributed by atoms with Crippen LogP contribution in [0.1, 0.15) is 25.7 Å². The fourth-order valence-electron chi connectivity index (χ4n) is 1.19. The van der Waals surface area contributed by atoms with Gasteiger partial charge in [-0.25, -0.2) is 4.79 Å². The molecule has 6 heteroatoms. The molecule has 0 unspecified atom stereocenters. The zero-order valence-corrected chi connectivity index (χ0v) is 10.1. The van der Waals surface area contributed by atoms with Gasteiger partial charge in [0.2, 0.25) is 0 Å². The van der Waals surface area contributed by atoms with Crippen LogP contribution in [0.2, 0.25) is 0 Å². The highest BCUT2D eigenvalue weighted by molar-refractivity contribution is 5.66. The van der Waals surface area contributed by atoms with E-state index in [9.17, 15) is 4.79 Å². The minimum absolute atomic E-state index is 0.334. The van der Waals surface area contributed by atoms with Crippen LogP contribution in [0.5, 0.6) is 0 Å². The predicted octanol–water partition coefficient (Wildman–Crippen LogP) is -0.0443. The van der Waals surface area contributed by atoms with Crippen molar-refractivity contribution in [3.8, 4) is 0 Å². The van der Waals surface area contributed by atoms with E-state index in [1.807, 2.05) is 7.05 Å². The zero-order valence-electron chi connectivity index (χ0n) is 10.1. The molecule has 6 nitrogen and oxygen atoms in total. The van der Waals surface area contributed by atoms with Crippen molar-refractivity contribution in [2.24, 2.45) is 5.84 Å². The Kier molecular flexibility index (Phi) is 11.6. The molecule has 0 aromatic rings. The molecule has 0 heterocycles. The van der Waals surface area contributed by atoms with Crippen molar-refractivity contribution in [2.45, 2.75) is 25.7 Å². The molecule has 1 amide bonds. The molecule has 0 aliphatic carbocycles. The highest BCUT2D eigenvalue weighted by Gasteiger charge is 1.99. The minimum atomic E-state index is -0.334. The number of nitrogens with two attached hydrogens (primary N) is 1. The lowest BCUT2D eigenvalue weighted by Gasteiger charge is -2.06. The maximum atomic E-state index is 11.1. The van der Waals surface area contributed by atoms with E-state index in [-0.39, 0.29) is 6.09 Å². The third-order valence-corrected chi connectivity index (χ3v) is 2.10. The van der Waals surface area contributed by atoms with Gasteiger partial charge in [-0.2, -0.15) is 0 Å². The van der Waals surface area contributed by atoms with E-state index in [2.05, 4.69) is 16.1 Å². The second-order valence-electron chi connectivity index (χ2n) is 3.53. The molecule has 0 atom stereocenters. The zero-order chi connectivity index (χ0) is 12.1. The number of nitrogens with one attached hydrogen (secondary N) is 3. The van der Waals surface area contributed by atoms with Crippen molar-refractivity contribution in [3.05, 3.63) is 0 Å². The van der Waals surface area contributed by atoms with Gasteiger partial charge in [-0.1, -0.05) is 12.8 Å². The highest BCUT2D eigenvalue weighted by atomic mass is 16.5. The standard InChI is InChI=1S/C10H24N4O2/c1-12-8-9-16-10(15)13-6-4-2-3-5-7-14-11/h12,14H,2-9,11H2,1H3,(H,13,15). The Bertz CT molecular complexity index is 167. The molecule has 0 radical (unpaired) electrons. The maximum Gasteiger partial charge on any atom is 0.407 e. The Morgan fingerprint density at radius 1 is 1.12 bits per heavy atom. The molecule has 0 aliphatic heterocycles. The first-order chi connectivity index (χ1) is 7.81. The lowest BCUT2D eigenvalue weighted by Crippen LogP contribution is -2.28. The first-order valence-corrected chi connectivity index (χ1v) is 5.80. The number of ether oxygens (including phenoxy) is 1. The van der Waals surface area contributed by atoms with Crippen LogP contribution >= 0.6 is 0 Å². The molecule has 16 heavy (non-hydrogen) atoms. The second kappa shape index (κ2) is 12.2. The van der Waals surface area contributed by atoms with Gasteiger partial charge in [0.15, 0.2) is 0 Å². The van der Waals surface area contributed by atoms with Crippen LogP contribution in [-0.4, -0.2) is 39.4 Å². The lowest BCUT2D eigenvalue weighted by molar-refractivity contribution is 0.147. The Balaban J connectivity index is 3.09. The first kappa shape index (κ1) is 15.2. The summed E-state index contributed by atoms with van der Waals surface area (Å²) in [6.45, 7) is 2.61. The average Bonchev–Trinajstić information content (AvgIpc) is 2.28. The van der Waals surface area contributed by atoms with Crippen molar-refractivity contribution in [1.29, 1.82) is 0 Å². The Hall–Kier alpha value is -0.850. The van der Waals surface area contributed by atoms with E-state index >= 15 is 0 Å². The number of carbonyl (C=O) groups is 1. The monoisotopic (exact) mass is 232 g/mol. The van der Waals surface area contributed by atoms with Gasteiger partial charge in [-0.05, 0) is 19.9 Å². The van der Waals surface area contributed by atoms with Crippen LogP contribution in [0, 0.1) is 0 Å². The molecule has 0 spiro atoms. The number of carbonyl (C=O) groups excluding carboxylic acids is 1. The van der Waals surface area contributed by atoms with Gasteiger partial charge in [0.25, 0.3) is 0 Å². The largest absolute Gasteiger partial charge is 0.448 e. The molecule has 5 N–H and O–H groups in total. The summed E-state index contributed by atoms with van der Waals surface area (Å²) in [5, 5.41) is 5.60. The molecular formula is C10H24N4O2. The summed E-state index contributed by atoms with van der Waals surface area (Å²) >= 11 is 0. The van der Waals surface area contributed by atoms with Gasteiger partial charge in [-0.3, -0.25) is 11.3 Å². The predicted molar refractivity (Wildman–Crippen MR) is 63.9 cm³/mol. The normalized spacial score (nSPS) is 10.1. The van der Waals surface area contributed by atoms with Crippen molar-refractivity contribution < 1.29 is 9.53 Å². The van der Waals surface area contributed by atoms with Gasteiger partial charge >= 0.3 is 6.09 Å². The summed E-state index contributed by atoms with van der Waals surface area (Å²) in [6, 6.07) is 0. The number of alkyl carbamates (subject to hydrolysis) is 1. The van der Waals surface area contributed by atoms with Gasteiger partial charge in [0.05, 0.1) is 0 Å². The number of hydrazine groups is 1. The summed E-state index contributed by atoms with van der Waals surface area (Å²) in [7, 11) is 1.82. The van der Waals surface area contributed by atoms with Gasteiger partial charge < -0.3 is 15.4 Å². The molecular weight excluding hydrogens is 208 g/mol. The third kappa shape index (κ3) is 11.2. The van der Waals surface area contributed by atoms with Gasteiger partial charge in [0.1, 0.15) is 6.61 Å². The molecule has 0 aromatic carbocycles.